The number of ether oxygens (including phenoxy) is 6. The topological polar surface area (TPSA) is 75.6 Å². The molecule has 0 bridgehead atoms. The van der Waals surface area contributed by atoms with Crippen LogP contribution in [0.2, 0.25) is 25.7 Å². The molecule has 4 rings (SSSR count). The number of hydrogen-bond donors (Lipinski definition) is 1. The lowest BCUT2D eigenvalue weighted by atomic mass is 9.98. The predicted octanol–water partition coefficient (Wildman–Crippen LogP) is 5.82. The van der Waals surface area contributed by atoms with E-state index >= 15 is 0 Å². The van der Waals surface area contributed by atoms with Gasteiger partial charge in [-0.3, -0.25) is 0 Å². The van der Waals surface area contributed by atoms with Gasteiger partial charge in [-0.15, -0.1) is 0 Å². The molecule has 5 atom stereocenters. The van der Waals surface area contributed by atoms with Gasteiger partial charge in [-0.2, -0.15) is 0 Å². The van der Waals surface area contributed by atoms with Gasteiger partial charge >= 0.3 is 0 Å². The van der Waals surface area contributed by atoms with Crippen molar-refractivity contribution in [3.63, 3.8) is 0 Å². The van der Waals surface area contributed by atoms with Crippen LogP contribution in [0.15, 0.2) is 84.9 Å². The summed E-state index contributed by atoms with van der Waals surface area (Å²) >= 11 is 0. The van der Waals surface area contributed by atoms with Crippen molar-refractivity contribution in [2.24, 2.45) is 0 Å². The standard InChI is InChI=1S/C33H44O7Si/c1-35-28-17-15-27(16-18-28)24-38-31-30(37-22-25-11-7-5-8-12-25)29(21-34)40-33(36-19-20-41(2,3)4)32(31)39-23-26-13-9-6-10-14-26/h5-18,29-34H,19-24H2,1-4H3/t29-,30-,31+,32-,33-/m1/s1. The molecule has 0 aliphatic carbocycles. The van der Waals surface area contributed by atoms with Crippen molar-refractivity contribution in [3.8, 4) is 5.75 Å². The third kappa shape index (κ3) is 9.75. The van der Waals surface area contributed by atoms with Crippen LogP contribution in [-0.2, 0) is 43.5 Å². The van der Waals surface area contributed by atoms with Crippen LogP contribution in [0, 0.1) is 0 Å². The van der Waals surface area contributed by atoms with Crippen molar-refractivity contribution in [3.05, 3.63) is 102 Å². The predicted molar refractivity (Wildman–Crippen MR) is 161 cm³/mol. The van der Waals surface area contributed by atoms with Gasteiger partial charge in [0.05, 0.1) is 33.5 Å². The number of aliphatic hydroxyl groups is 1. The lowest BCUT2D eigenvalue weighted by Crippen LogP contribution is -2.61. The summed E-state index contributed by atoms with van der Waals surface area (Å²) in [7, 11) is 0.302. The number of aliphatic hydroxyl groups excluding tert-OH is 1. The molecule has 1 heterocycles. The highest BCUT2D eigenvalue weighted by Crippen LogP contribution is 2.31. The summed E-state index contributed by atoms with van der Waals surface area (Å²) in [5.41, 5.74) is 3.04. The Hall–Kier alpha value is -2.56. The van der Waals surface area contributed by atoms with Crippen molar-refractivity contribution in [2.75, 3.05) is 20.3 Å². The van der Waals surface area contributed by atoms with Gasteiger partial charge in [-0.1, -0.05) is 92.4 Å². The van der Waals surface area contributed by atoms with Gasteiger partial charge in [0.1, 0.15) is 30.2 Å². The molecule has 41 heavy (non-hydrogen) atoms. The normalized spacial score (nSPS) is 22.9. The second-order valence-electron chi connectivity index (χ2n) is 11.6. The highest BCUT2D eigenvalue weighted by atomic mass is 28.3. The van der Waals surface area contributed by atoms with Gasteiger partial charge in [-0.05, 0) is 34.9 Å². The second kappa shape index (κ2) is 15.6. The number of hydrogen-bond acceptors (Lipinski definition) is 7. The summed E-state index contributed by atoms with van der Waals surface area (Å²) in [6.07, 6.45) is -3.10. The van der Waals surface area contributed by atoms with E-state index in [1.165, 1.54) is 0 Å². The molecule has 222 valence electrons. The Kier molecular flexibility index (Phi) is 11.9. The third-order valence-corrected chi connectivity index (χ3v) is 8.78. The molecule has 0 radical (unpaired) electrons. The first kappa shape index (κ1) is 31.4. The first-order valence-electron chi connectivity index (χ1n) is 14.3. The van der Waals surface area contributed by atoms with E-state index in [0.717, 1.165) is 28.5 Å². The molecule has 3 aromatic rings. The molecule has 1 fully saturated rings. The lowest BCUT2D eigenvalue weighted by Gasteiger charge is -2.45. The fraction of sp³-hybridized carbons (Fsp3) is 0.455. The zero-order chi connectivity index (χ0) is 29.1. The van der Waals surface area contributed by atoms with Crippen LogP contribution >= 0.6 is 0 Å². The van der Waals surface area contributed by atoms with Crippen LogP contribution in [0.4, 0.5) is 0 Å². The summed E-state index contributed by atoms with van der Waals surface area (Å²) in [5, 5.41) is 10.4. The van der Waals surface area contributed by atoms with Crippen LogP contribution in [0.5, 0.6) is 5.75 Å². The number of benzene rings is 3. The zero-order valence-corrected chi connectivity index (χ0v) is 25.6. The number of rotatable bonds is 15. The highest BCUT2D eigenvalue weighted by molar-refractivity contribution is 6.76. The van der Waals surface area contributed by atoms with Gasteiger partial charge in [0.15, 0.2) is 6.29 Å². The van der Waals surface area contributed by atoms with E-state index in [1.807, 2.05) is 84.9 Å². The minimum Gasteiger partial charge on any atom is -0.497 e. The van der Waals surface area contributed by atoms with Crippen molar-refractivity contribution >= 4 is 8.07 Å². The number of methoxy groups -OCH3 is 1. The Morgan fingerprint density at radius 3 is 1.68 bits per heavy atom. The molecule has 1 aliphatic heterocycles. The maximum Gasteiger partial charge on any atom is 0.186 e. The van der Waals surface area contributed by atoms with E-state index < -0.39 is 38.8 Å². The molecule has 0 unspecified atom stereocenters. The van der Waals surface area contributed by atoms with Gasteiger partial charge in [-0.25, -0.2) is 0 Å². The van der Waals surface area contributed by atoms with E-state index in [4.69, 9.17) is 28.4 Å². The quantitative estimate of drug-likeness (QED) is 0.227. The Labute approximate surface area is 245 Å². The van der Waals surface area contributed by atoms with E-state index in [9.17, 15) is 5.11 Å². The lowest BCUT2D eigenvalue weighted by molar-refractivity contribution is -0.325. The fourth-order valence-corrected chi connectivity index (χ4v) is 5.39. The molecule has 0 spiro atoms. The average Bonchev–Trinajstić information content (AvgIpc) is 2.99. The molecule has 1 aliphatic rings. The van der Waals surface area contributed by atoms with E-state index in [0.29, 0.717) is 26.4 Å². The van der Waals surface area contributed by atoms with Crippen molar-refractivity contribution in [1.82, 2.24) is 0 Å². The molecule has 0 amide bonds. The SMILES string of the molecule is COc1ccc(CO[C@@H]2[C@@H](OCc3ccccc3)[C@H](OCC[Si](C)(C)C)O[C@H](CO)[C@H]2OCc2ccccc2)cc1. The molecule has 8 heteroatoms. The zero-order valence-electron chi connectivity index (χ0n) is 24.6. The molecule has 0 saturated carbocycles. The Morgan fingerprint density at radius 1 is 0.659 bits per heavy atom. The van der Waals surface area contributed by atoms with Crippen LogP contribution in [0.3, 0.4) is 0 Å². The summed E-state index contributed by atoms with van der Waals surface area (Å²) in [6.45, 7) is 8.28. The maximum absolute atomic E-state index is 10.4. The first-order chi connectivity index (χ1) is 19.9. The Bertz CT molecular complexity index is 1140. The molecule has 1 N–H and O–H groups in total. The minimum atomic E-state index is -1.35. The molecule has 0 aromatic heterocycles. The molecule has 7 nitrogen and oxygen atoms in total. The van der Waals surface area contributed by atoms with E-state index in [1.54, 1.807) is 7.11 Å². The van der Waals surface area contributed by atoms with Crippen molar-refractivity contribution in [1.29, 1.82) is 0 Å². The Balaban J connectivity index is 1.60. The Morgan fingerprint density at radius 2 is 1.17 bits per heavy atom. The molecule has 1 saturated heterocycles. The highest BCUT2D eigenvalue weighted by Gasteiger charge is 2.48. The maximum atomic E-state index is 10.4. The smallest absolute Gasteiger partial charge is 0.186 e. The summed E-state index contributed by atoms with van der Waals surface area (Å²) < 4.78 is 37.6. The molecule has 3 aromatic carbocycles. The van der Waals surface area contributed by atoms with Crippen LogP contribution in [0.1, 0.15) is 16.7 Å². The van der Waals surface area contributed by atoms with Crippen LogP contribution in [-0.4, -0.2) is 64.2 Å². The first-order valence-corrected chi connectivity index (χ1v) is 18.0. The third-order valence-electron chi connectivity index (χ3n) is 7.08. The van der Waals surface area contributed by atoms with E-state index in [2.05, 4.69) is 19.6 Å². The summed E-state index contributed by atoms with van der Waals surface area (Å²) in [5.74, 6) is 0.782. The largest absolute Gasteiger partial charge is 0.497 e. The van der Waals surface area contributed by atoms with Crippen LogP contribution in [0.25, 0.3) is 0 Å². The van der Waals surface area contributed by atoms with Crippen molar-refractivity contribution in [2.45, 2.75) is 76.2 Å². The molecular formula is C33H44O7Si. The van der Waals surface area contributed by atoms with Gasteiger partial charge < -0.3 is 33.5 Å². The monoisotopic (exact) mass is 580 g/mol. The summed E-state index contributed by atoms with van der Waals surface area (Å²) in [4.78, 5) is 0. The van der Waals surface area contributed by atoms with E-state index in [-0.39, 0.29) is 6.61 Å². The molecular weight excluding hydrogens is 536 g/mol. The fourth-order valence-electron chi connectivity index (χ4n) is 4.66. The van der Waals surface area contributed by atoms with Gasteiger partial charge in [0.25, 0.3) is 0 Å². The average molecular weight is 581 g/mol. The minimum absolute atomic E-state index is 0.235. The summed E-state index contributed by atoms with van der Waals surface area (Å²) in [6, 6.07) is 28.7. The van der Waals surface area contributed by atoms with Crippen LogP contribution < -0.4 is 4.74 Å². The van der Waals surface area contributed by atoms with Crippen molar-refractivity contribution < 1.29 is 33.5 Å². The van der Waals surface area contributed by atoms with Gasteiger partial charge in [0.2, 0.25) is 0 Å². The second-order valence-corrected chi connectivity index (χ2v) is 17.2. The van der Waals surface area contributed by atoms with Gasteiger partial charge in [0, 0.05) is 14.7 Å².